The molecule has 0 bridgehead atoms. The van der Waals surface area contributed by atoms with Gasteiger partial charge in [0.2, 0.25) is 5.88 Å². The fourth-order valence-corrected chi connectivity index (χ4v) is 1.24. The van der Waals surface area contributed by atoms with E-state index in [4.69, 9.17) is 20.1 Å². The number of carbonyl (C=O) groups is 1. The van der Waals surface area contributed by atoms with Gasteiger partial charge in [-0.05, 0) is 6.07 Å². The van der Waals surface area contributed by atoms with Gasteiger partial charge >= 0.3 is 33.1 Å². The SMILES string of the molecule is COc1nc(B(O)O)c(B(O)O)cc1C(=O)[O-].[Li+]. The standard InChI is InChI=1S/C7H9B2NO7.Li/c1-17-6-3(7(11)12)2-4(8(13)14)5(10-6)9(15)16;/h2,13-16H,1H3,(H,11,12);/q;+1/p-1. The first-order valence-corrected chi connectivity index (χ1v) is 4.41. The monoisotopic (exact) mass is 247 g/mol. The van der Waals surface area contributed by atoms with E-state index in [0.717, 1.165) is 13.2 Å². The van der Waals surface area contributed by atoms with Gasteiger partial charge in [0.1, 0.15) is 0 Å². The van der Waals surface area contributed by atoms with Crippen LogP contribution in [0.15, 0.2) is 6.07 Å². The van der Waals surface area contributed by atoms with E-state index in [-0.39, 0.29) is 18.9 Å². The van der Waals surface area contributed by atoms with E-state index < -0.39 is 42.7 Å². The van der Waals surface area contributed by atoms with Gasteiger partial charge in [0, 0.05) is 5.46 Å². The van der Waals surface area contributed by atoms with Crippen LogP contribution in [0.3, 0.4) is 0 Å². The number of aromatic nitrogens is 1. The minimum atomic E-state index is -2.11. The Kier molecular flexibility index (Phi) is 6.41. The van der Waals surface area contributed by atoms with Crippen molar-refractivity contribution in [3.8, 4) is 5.88 Å². The molecule has 0 aliphatic heterocycles. The maximum absolute atomic E-state index is 10.7. The summed E-state index contributed by atoms with van der Waals surface area (Å²) in [6, 6.07) is 0.792. The van der Waals surface area contributed by atoms with Crippen LogP contribution in [0, 0.1) is 0 Å². The van der Waals surface area contributed by atoms with E-state index in [1.807, 2.05) is 0 Å². The number of hydrogen-bond acceptors (Lipinski definition) is 8. The molecule has 0 amide bonds. The summed E-state index contributed by atoms with van der Waals surface area (Å²) in [5, 5.41) is 46.6. The summed E-state index contributed by atoms with van der Waals surface area (Å²) in [5.74, 6) is -2.06. The van der Waals surface area contributed by atoms with Crippen molar-refractivity contribution in [1.82, 2.24) is 4.98 Å². The van der Waals surface area contributed by atoms with E-state index in [0.29, 0.717) is 0 Å². The number of carboxylic acids is 1. The maximum atomic E-state index is 10.7. The third-order valence-electron chi connectivity index (χ3n) is 1.98. The van der Waals surface area contributed by atoms with Gasteiger partial charge in [0.15, 0.2) is 0 Å². The maximum Gasteiger partial charge on any atom is 1.00 e. The number of nitrogens with zero attached hydrogens (tertiary/aromatic N) is 1. The zero-order chi connectivity index (χ0) is 13.2. The van der Waals surface area contributed by atoms with Crippen LogP contribution in [0.1, 0.15) is 10.4 Å². The summed E-state index contributed by atoms with van der Waals surface area (Å²) in [5.41, 5.74) is -1.50. The molecule has 8 nitrogen and oxygen atoms in total. The van der Waals surface area contributed by atoms with Crippen LogP contribution >= 0.6 is 0 Å². The van der Waals surface area contributed by atoms with Gasteiger partial charge < -0.3 is 34.7 Å². The Bertz CT molecular complexity index is 442. The molecule has 0 spiro atoms. The Morgan fingerprint density at radius 1 is 1.33 bits per heavy atom. The van der Waals surface area contributed by atoms with Gasteiger partial charge in [-0.1, -0.05) is 0 Å². The summed E-state index contributed by atoms with van der Waals surface area (Å²) in [6.45, 7) is 0. The first kappa shape index (κ1) is 17.0. The second-order valence-corrected chi connectivity index (χ2v) is 3.05. The molecule has 0 saturated carbocycles. The normalized spacial score (nSPS) is 9.39. The second kappa shape index (κ2) is 6.80. The van der Waals surface area contributed by atoms with Crippen molar-refractivity contribution in [2.45, 2.75) is 0 Å². The van der Waals surface area contributed by atoms with Gasteiger partial charge in [0.25, 0.3) is 0 Å². The molecule has 1 aromatic rings. The van der Waals surface area contributed by atoms with Crippen LogP contribution in [0.2, 0.25) is 0 Å². The molecule has 0 fully saturated rings. The first-order valence-electron chi connectivity index (χ1n) is 4.41. The average Bonchev–Trinajstić information content (AvgIpc) is 2.26. The Morgan fingerprint density at radius 2 is 1.89 bits per heavy atom. The number of carboxylic acid groups (broad SMARTS) is 1. The molecular formula is C7H8B2LiNO7. The van der Waals surface area contributed by atoms with Crippen LogP contribution in [0.4, 0.5) is 0 Å². The summed E-state index contributed by atoms with van der Waals surface area (Å²) < 4.78 is 4.61. The van der Waals surface area contributed by atoms with Gasteiger partial charge in [-0.2, -0.15) is 0 Å². The number of ether oxygens (including phenoxy) is 1. The van der Waals surface area contributed by atoms with Crippen LogP contribution in [-0.2, 0) is 0 Å². The molecule has 0 unspecified atom stereocenters. The fraction of sp³-hybridized carbons (Fsp3) is 0.143. The van der Waals surface area contributed by atoms with Crippen molar-refractivity contribution in [1.29, 1.82) is 0 Å². The van der Waals surface area contributed by atoms with Crippen LogP contribution < -0.4 is 39.8 Å². The Balaban J connectivity index is 0.00000289. The number of aromatic carboxylic acids is 1. The smallest absolute Gasteiger partial charge is 0.545 e. The molecule has 4 N–H and O–H groups in total. The van der Waals surface area contributed by atoms with E-state index in [9.17, 15) is 9.90 Å². The van der Waals surface area contributed by atoms with Gasteiger partial charge in [-0.15, -0.1) is 0 Å². The minimum absolute atomic E-state index is 0. The topological polar surface area (TPSA) is 143 Å². The molecule has 0 saturated heterocycles. The van der Waals surface area contributed by atoms with Crippen molar-refractivity contribution in [2.75, 3.05) is 7.11 Å². The molecule has 0 atom stereocenters. The molecule has 11 heteroatoms. The molecule has 18 heavy (non-hydrogen) atoms. The summed E-state index contributed by atoms with van der Waals surface area (Å²) in [4.78, 5) is 14.2. The first-order chi connectivity index (χ1) is 7.88. The van der Waals surface area contributed by atoms with Crippen LogP contribution in [-0.4, -0.2) is 52.4 Å². The fourth-order valence-electron chi connectivity index (χ4n) is 1.24. The predicted molar refractivity (Wildman–Crippen MR) is 54.8 cm³/mol. The third kappa shape index (κ3) is 3.49. The molecule has 90 valence electrons. The quantitative estimate of drug-likeness (QED) is 0.384. The summed E-state index contributed by atoms with van der Waals surface area (Å²) in [6.07, 6.45) is 0. The van der Waals surface area contributed by atoms with E-state index in [2.05, 4.69) is 9.72 Å². The van der Waals surface area contributed by atoms with Gasteiger partial charge in [-0.25, -0.2) is 4.98 Å². The van der Waals surface area contributed by atoms with E-state index in [1.54, 1.807) is 0 Å². The average molecular weight is 247 g/mol. The van der Waals surface area contributed by atoms with Gasteiger partial charge in [0.05, 0.1) is 24.2 Å². The molecule has 0 aromatic carbocycles. The second-order valence-electron chi connectivity index (χ2n) is 3.05. The summed E-state index contributed by atoms with van der Waals surface area (Å²) >= 11 is 0. The third-order valence-corrected chi connectivity index (χ3v) is 1.98. The largest absolute Gasteiger partial charge is 1.00 e. The van der Waals surface area contributed by atoms with E-state index >= 15 is 0 Å². The van der Waals surface area contributed by atoms with Crippen molar-refractivity contribution >= 4 is 31.3 Å². The Labute approximate surface area is 115 Å². The molecule has 0 aliphatic rings. The number of carbonyl (C=O) groups excluding carboxylic acids is 1. The van der Waals surface area contributed by atoms with Gasteiger partial charge in [-0.3, -0.25) is 0 Å². The number of rotatable bonds is 4. The minimum Gasteiger partial charge on any atom is -0.545 e. The van der Waals surface area contributed by atoms with E-state index in [1.165, 1.54) is 0 Å². The zero-order valence-corrected chi connectivity index (χ0v) is 9.69. The zero-order valence-electron chi connectivity index (χ0n) is 9.69. The summed E-state index contributed by atoms with van der Waals surface area (Å²) in [7, 11) is -3.09. The molecule has 0 aliphatic carbocycles. The number of methoxy groups -OCH3 is 1. The Hall–Kier alpha value is -1.01. The van der Waals surface area contributed by atoms with Crippen molar-refractivity contribution < 1.29 is 53.6 Å². The Morgan fingerprint density at radius 3 is 2.22 bits per heavy atom. The van der Waals surface area contributed by atoms with Crippen molar-refractivity contribution in [3.05, 3.63) is 11.6 Å². The van der Waals surface area contributed by atoms with Crippen molar-refractivity contribution in [2.24, 2.45) is 0 Å². The van der Waals surface area contributed by atoms with Crippen LogP contribution in [0.25, 0.3) is 0 Å². The molecule has 1 aromatic heterocycles. The molecule has 1 rings (SSSR count). The molecule has 0 radical (unpaired) electrons. The number of hydrogen-bond donors (Lipinski definition) is 4. The molecular weight excluding hydrogens is 239 g/mol. The van der Waals surface area contributed by atoms with Crippen LogP contribution in [0.5, 0.6) is 5.88 Å². The number of pyridine rings is 1. The predicted octanol–water partition coefficient (Wildman–Crippen LogP) is -8.18. The van der Waals surface area contributed by atoms with Crippen molar-refractivity contribution in [3.63, 3.8) is 0 Å². The molecule has 1 heterocycles.